The Morgan fingerprint density at radius 3 is 3.11 bits per heavy atom. The number of benzene rings is 1. The van der Waals surface area contributed by atoms with E-state index in [1.54, 1.807) is 0 Å². The minimum absolute atomic E-state index is 0.0407. The Balaban J connectivity index is 1.81. The number of nitrogens with zero attached hydrogens (tertiary/aromatic N) is 1. The molecule has 1 amide bonds. The van der Waals surface area contributed by atoms with Crippen LogP contribution in [0.4, 0.5) is 5.69 Å². The van der Waals surface area contributed by atoms with Gasteiger partial charge in [0.25, 0.3) is 5.91 Å². The van der Waals surface area contributed by atoms with Crippen molar-refractivity contribution in [2.24, 2.45) is 7.05 Å². The summed E-state index contributed by atoms with van der Waals surface area (Å²) in [5, 5.41) is 4.09. The molecule has 1 unspecified atom stereocenters. The maximum absolute atomic E-state index is 11.9. The van der Waals surface area contributed by atoms with E-state index in [1.807, 2.05) is 36.0 Å². The third-order valence-electron chi connectivity index (χ3n) is 3.38. The van der Waals surface area contributed by atoms with Gasteiger partial charge in [-0.15, -0.1) is 0 Å². The highest BCUT2D eigenvalue weighted by Crippen LogP contribution is 2.21. The first-order valence-corrected chi connectivity index (χ1v) is 6.21. The predicted molar refractivity (Wildman–Crippen MR) is 70.5 cm³/mol. The van der Waals surface area contributed by atoms with Crippen LogP contribution in [0.1, 0.15) is 12.8 Å². The van der Waals surface area contributed by atoms with Gasteiger partial charge >= 0.3 is 0 Å². The maximum Gasteiger partial charge on any atom is 0.253 e. The molecule has 4 nitrogen and oxygen atoms in total. The van der Waals surface area contributed by atoms with Crippen molar-refractivity contribution >= 4 is 22.5 Å². The topological polar surface area (TPSA) is 43.3 Å². The van der Waals surface area contributed by atoms with Crippen molar-refractivity contribution < 1.29 is 9.53 Å². The molecular weight excluding hydrogens is 228 g/mol. The number of aromatic nitrogens is 1. The van der Waals surface area contributed by atoms with Crippen LogP contribution in [0.15, 0.2) is 30.5 Å². The molecular formula is C14H16N2O2. The lowest BCUT2D eigenvalue weighted by molar-refractivity contribution is -0.124. The number of carbonyl (C=O) groups excluding carboxylic acids is 1. The largest absolute Gasteiger partial charge is 0.368 e. The first-order valence-electron chi connectivity index (χ1n) is 6.21. The standard InChI is InChI=1S/C14H16N2O2/c1-16-7-6-10-4-5-11(9-12(10)16)15-14(17)13-3-2-8-18-13/h4-7,9,13H,2-3,8H2,1H3,(H,15,17). The van der Waals surface area contributed by atoms with E-state index in [4.69, 9.17) is 4.74 Å². The summed E-state index contributed by atoms with van der Waals surface area (Å²) in [7, 11) is 1.99. The molecule has 1 aromatic carbocycles. The fourth-order valence-corrected chi connectivity index (χ4v) is 2.35. The Kier molecular flexibility index (Phi) is 2.80. The third kappa shape index (κ3) is 1.99. The average molecular weight is 244 g/mol. The van der Waals surface area contributed by atoms with Crippen LogP contribution in [-0.2, 0) is 16.6 Å². The smallest absolute Gasteiger partial charge is 0.253 e. The fourth-order valence-electron chi connectivity index (χ4n) is 2.35. The zero-order chi connectivity index (χ0) is 12.5. The average Bonchev–Trinajstić information content (AvgIpc) is 3.00. The summed E-state index contributed by atoms with van der Waals surface area (Å²) in [6.07, 6.45) is 3.51. The van der Waals surface area contributed by atoms with Gasteiger partial charge < -0.3 is 14.6 Å². The minimum Gasteiger partial charge on any atom is -0.368 e. The van der Waals surface area contributed by atoms with Crippen LogP contribution in [-0.4, -0.2) is 23.2 Å². The molecule has 94 valence electrons. The second-order valence-electron chi connectivity index (χ2n) is 4.69. The number of aryl methyl sites for hydroxylation is 1. The van der Waals surface area contributed by atoms with E-state index in [1.165, 1.54) is 5.39 Å². The summed E-state index contributed by atoms with van der Waals surface area (Å²) in [5.41, 5.74) is 1.94. The Morgan fingerprint density at radius 1 is 1.44 bits per heavy atom. The number of amides is 1. The van der Waals surface area contributed by atoms with E-state index in [-0.39, 0.29) is 12.0 Å². The Hall–Kier alpha value is -1.81. The molecule has 0 aliphatic carbocycles. The lowest BCUT2D eigenvalue weighted by Crippen LogP contribution is -2.26. The number of carbonyl (C=O) groups is 1. The van der Waals surface area contributed by atoms with E-state index >= 15 is 0 Å². The van der Waals surface area contributed by atoms with Crippen LogP contribution in [0.2, 0.25) is 0 Å². The van der Waals surface area contributed by atoms with Crippen molar-refractivity contribution in [2.45, 2.75) is 18.9 Å². The molecule has 1 aliphatic rings. The molecule has 1 N–H and O–H groups in total. The second kappa shape index (κ2) is 4.46. The molecule has 0 radical (unpaired) electrons. The quantitative estimate of drug-likeness (QED) is 0.880. The summed E-state index contributed by atoms with van der Waals surface area (Å²) >= 11 is 0. The number of fused-ring (bicyclic) bond motifs is 1. The van der Waals surface area contributed by atoms with E-state index in [9.17, 15) is 4.79 Å². The molecule has 1 saturated heterocycles. The number of hydrogen-bond donors (Lipinski definition) is 1. The number of rotatable bonds is 2. The molecule has 18 heavy (non-hydrogen) atoms. The van der Waals surface area contributed by atoms with Gasteiger partial charge in [0.05, 0.1) is 0 Å². The predicted octanol–water partition coefficient (Wildman–Crippen LogP) is 2.30. The van der Waals surface area contributed by atoms with Gasteiger partial charge in [-0.2, -0.15) is 0 Å². The number of ether oxygens (including phenoxy) is 1. The molecule has 1 aliphatic heterocycles. The van der Waals surface area contributed by atoms with Crippen LogP contribution >= 0.6 is 0 Å². The van der Waals surface area contributed by atoms with Crippen molar-refractivity contribution in [2.75, 3.05) is 11.9 Å². The van der Waals surface area contributed by atoms with E-state index < -0.39 is 0 Å². The number of hydrogen-bond acceptors (Lipinski definition) is 2. The molecule has 2 heterocycles. The highest BCUT2D eigenvalue weighted by molar-refractivity contribution is 5.96. The second-order valence-corrected chi connectivity index (χ2v) is 4.69. The SMILES string of the molecule is Cn1ccc2ccc(NC(=O)C3CCCO3)cc21. The molecule has 1 atom stereocenters. The Labute approximate surface area is 106 Å². The van der Waals surface area contributed by atoms with Crippen LogP contribution in [0.3, 0.4) is 0 Å². The summed E-state index contributed by atoms with van der Waals surface area (Å²) in [5.74, 6) is -0.0407. The first-order chi connectivity index (χ1) is 8.74. The van der Waals surface area contributed by atoms with Gasteiger partial charge in [0, 0.05) is 31.1 Å². The van der Waals surface area contributed by atoms with Crippen LogP contribution in [0, 0.1) is 0 Å². The van der Waals surface area contributed by atoms with Crippen molar-refractivity contribution in [3.8, 4) is 0 Å². The fraction of sp³-hybridized carbons (Fsp3) is 0.357. The zero-order valence-corrected chi connectivity index (χ0v) is 10.3. The summed E-state index contributed by atoms with van der Waals surface area (Å²) in [4.78, 5) is 11.9. The molecule has 4 heteroatoms. The summed E-state index contributed by atoms with van der Waals surface area (Å²) in [6, 6.07) is 7.98. The van der Waals surface area contributed by atoms with Crippen LogP contribution in [0.25, 0.3) is 10.9 Å². The normalized spacial score (nSPS) is 19.3. The zero-order valence-electron chi connectivity index (χ0n) is 10.3. The van der Waals surface area contributed by atoms with Crippen molar-refractivity contribution in [3.63, 3.8) is 0 Å². The first kappa shape index (κ1) is 11.3. The number of anilines is 1. The van der Waals surface area contributed by atoms with Crippen molar-refractivity contribution in [3.05, 3.63) is 30.5 Å². The van der Waals surface area contributed by atoms with Gasteiger partial charge in [0.1, 0.15) is 6.10 Å². The lowest BCUT2D eigenvalue weighted by atomic mass is 10.2. The van der Waals surface area contributed by atoms with Gasteiger partial charge in [-0.25, -0.2) is 0 Å². The van der Waals surface area contributed by atoms with Gasteiger partial charge in [0.15, 0.2) is 0 Å². The Bertz CT molecular complexity index is 582. The van der Waals surface area contributed by atoms with Crippen LogP contribution < -0.4 is 5.32 Å². The maximum atomic E-state index is 11.9. The molecule has 0 bridgehead atoms. The van der Waals surface area contributed by atoms with Gasteiger partial charge in [0.2, 0.25) is 0 Å². The Morgan fingerprint density at radius 2 is 2.33 bits per heavy atom. The van der Waals surface area contributed by atoms with Crippen LogP contribution in [0.5, 0.6) is 0 Å². The van der Waals surface area contributed by atoms with Gasteiger partial charge in [-0.05, 0) is 36.4 Å². The number of nitrogens with one attached hydrogen (secondary N) is 1. The molecule has 1 aromatic heterocycles. The summed E-state index contributed by atoms with van der Waals surface area (Å²) in [6.45, 7) is 0.689. The summed E-state index contributed by atoms with van der Waals surface area (Å²) < 4.78 is 7.40. The monoisotopic (exact) mass is 244 g/mol. The molecule has 1 fully saturated rings. The molecule has 2 aromatic rings. The van der Waals surface area contributed by atoms with Gasteiger partial charge in [-0.3, -0.25) is 4.79 Å². The highest BCUT2D eigenvalue weighted by Gasteiger charge is 2.23. The molecule has 3 rings (SSSR count). The molecule has 0 saturated carbocycles. The van der Waals surface area contributed by atoms with Crippen molar-refractivity contribution in [1.82, 2.24) is 4.57 Å². The van der Waals surface area contributed by atoms with E-state index in [0.29, 0.717) is 6.61 Å². The van der Waals surface area contributed by atoms with Gasteiger partial charge in [-0.1, -0.05) is 6.07 Å². The third-order valence-corrected chi connectivity index (χ3v) is 3.38. The van der Waals surface area contributed by atoms with E-state index in [0.717, 1.165) is 24.0 Å². The lowest BCUT2D eigenvalue weighted by Gasteiger charge is -2.10. The minimum atomic E-state index is -0.283. The van der Waals surface area contributed by atoms with E-state index in [2.05, 4.69) is 11.4 Å². The molecule has 0 spiro atoms. The van der Waals surface area contributed by atoms with Crippen molar-refractivity contribution in [1.29, 1.82) is 0 Å². The highest BCUT2D eigenvalue weighted by atomic mass is 16.5.